The van der Waals surface area contributed by atoms with Gasteiger partial charge in [-0.25, -0.2) is 22.0 Å². The molecule has 0 saturated heterocycles. The highest BCUT2D eigenvalue weighted by molar-refractivity contribution is 14.1. The Labute approximate surface area is 192 Å². The van der Waals surface area contributed by atoms with Gasteiger partial charge in [-0.3, -0.25) is 5.32 Å². The smallest absolute Gasteiger partial charge is 0.411 e. The molecule has 1 N–H and O–H groups in total. The molecule has 1 amide bonds. The van der Waals surface area contributed by atoms with E-state index in [9.17, 15) is 18.0 Å². The summed E-state index contributed by atoms with van der Waals surface area (Å²) in [5.41, 5.74) is 1.17. The van der Waals surface area contributed by atoms with Crippen molar-refractivity contribution < 1.29 is 32.2 Å². The van der Waals surface area contributed by atoms with Gasteiger partial charge < -0.3 is 14.2 Å². The van der Waals surface area contributed by atoms with Crippen molar-refractivity contribution in [1.82, 2.24) is 3.97 Å². The molecule has 0 saturated carbocycles. The summed E-state index contributed by atoms with van der Waals surface area (Å²) in [6.45, 7) is 0.136. The van der Waals surface area contributed by atoms with E-state index < -0.39 is 22.1 Å². The van der Waals surface area contributed by atoms with Crippen molar-refractivity contribution >= 4 is 61.3 Å². The highest BCUT2D eigenvalue weighted by Gasteiger charge is 2.27. The summed E-state index contributed by atoms with van der Waals surface area (Å²) in [7, 11) is -1.53. The minimum Gasteiger partial charge on any atom is -0.487 e. The number of fused-ring (bicyclic) bond motifs is 1. The molecule has 0 bridgehead atoms. The van der Waals surface area contributed by atoms with Crippen LogP contribution in [0.4, 0.5) is 10.5 Å². The molecule has 0 aliphatic heterocycles. The second-order valence-electron chi connectivity index (χ2n) is 6.44. The third-order valence-corrected chi connectivity index (χ3v) is 6.53. The number of ether oxygens (including phenoxy) is 3. The summed E-state index contributed by atoms with van der Waals surface area (Å²) in [5, 5.41) is 2.97. The lowest BCUT2D eigenvalue weighted by Crippen LogP contribution is -2.18. The number of carbonyl (C=O) groups is 2. The zero-order valence-corrected chi connectivity index (χ0v) is 19.8. The van der Waals surface area contributed by atoms with Gasteiger partial charge in [-0.1, -0.05) is 30.3 Å². The number of nitrogens with one attached hydrogen (secondary N) is 1. The monoisotopic (exact) mass is 558 g/mol. The maximum absolute atomic E-state index is 12.6. The number of esters is 1. The van der Waals surface area contributed by atoms with Crippen LogP contribution in [-0.2, 0) is 26.1 Å². The first-order valence-electron chi connectivity index (χ1n) is 8.86. The first-order valence-corrected chi connectivity index (χ1v) is 11.8. The largest absolute Gasteiger partial charge is 0.487 e. The molecule has 0 spiro atoms. The molecular formula is C20H19IN2O7S. The number of anilines is 1. The number of nitrogens with zero attached hydrogens (tertiary/aromatic N) is 1. The number of hydrogen-bond donors (Lipinski definition) is 1. The molecule has 3 aromatic rings. The topological polar surface area (TPSA) is 113 Å². The van der Waals surface area contributed by atoms with Crippen LogP contribution >= 0.6 is 22.6 Å². The number of hydrogen-bond acceptors (Lipinski definition) is 7. The van der Waals surface area contributed by atoms with E-state index in [-0.39, 0.29) is 23.6 Å². The van der Waals surface area contributed by atoms with E-state index in [0.29, 0.717) is 14.6 Å². The van der Waals surface area contributed by atoms with Gasteiger partial charge in [0, 0.05) is 15.0 Å². The predicted molar refractivity (Wildman–Crippen MR) is 123 cm³/mol. The highest BCUT2D eigenvalue weighted by atomic mass is 127. The van der Waals surface area contributed by atoms with Crippen LogP contribution in [0, 0.1) is 3.57 Å². The zero-order valence-electron chi connectivity index (χ0n) is 16.8. The lowest BCUT2D eigenvalue weighted by molar-refractivity contribution is 0.0593. The molecule has 164 valence electrons. The molecule has 0 unspecified atom stereocenters. The van der Waals surface area contributed by atoms with E-state index in [1.165, 1.54) is 19.2 Å². The van der Waals surface area contributed by atoms with Gasteiger partial charge in [0.15, 0.2) is 0 Å². The maximum atomic E-state index is 12.6. The van der Waals surface area contributed by atoms with Crippen LogP contribution in [0.25, 0.3) is 10.9 Å². The molecule has 0 radical (unpaired) electrons. The van der Waals surface area contributed by atoms with Crippen LogP contribution in [0.5, 0.6) is 5.75 Å². The van der Waals surface area contributed by atoms with Gasteiger partial charge in [-0.05, 0) is 34.2 Å². The number of benzene rings is 2. The highest BCUT2D eigenvalue weighted by Crippen LogP contribution is 2.39. The van der Waals surface area contributed by atoms with E-state index in [0.717, 1.165) is 22.9 Å². The fourth-order valence-electron chi connectivity index (χ4n) is 2.99. The molecule has 0 atom stereocenters. The van der Waals surface area contributed by atoms with Gasteiger partial charge in [0.1, 0.15) is 23.6 Å². The summed E-state index contributed by atoms with van der Waals surface area (Å²) >= 11 is 1.95. The van der Waals surface area contributed by atoms with Gasteiger partial charge >= 0.3 is 12.1 Å². The molecule has 1 aromatic heterocycles. The summed E-state index contributed by atoms with van der Waals surface area (Å²) in [4.78, 5) is 24.1. The Morgan fingerprint density at radius 2 is 1.77 bits per heavy atom. The lowest BCUT2D eigenvalue weighted by atomic mass is 10.2. The van der Waals surface area contributed by atoms with E-state index in [1.807, 2.05) is 52.9 Å². The molecule has 9 nitrogen and oxygen atoms in total. The average Bonchev–Trinajstić information content (AvgIpc) is 3.16. The first kappa shape index (κ1) is 22.9. The SMILES string of the molecule is COC(=O)Nc1cc(OCc2ccccc2)c2c(cc(C(=O)OC)n2S(C)(=O)=O)c1I. The quantitative estimate of drug-likeness (QED) is 0.364. The Morgan fingerprint density at radius 1 is 1.10 bits per heavy atom. The van der Waals surface area contributed by atoms with Crippen molar-refractivity contribution in [3.63, 3.8) is 0 Å². The van der Waals surface area contributed by atoms with Gasteiger partial charge in [-0.2, -0.15) is 0 Å². The molecule has 0 aliphatic carbocycles. The van der Waals surface area contributed by atoms with Gasteiger partial charge in [0.2, 0.25) is 10.0 Å². The molecule has 11 heteroatoms. The van der Waals surface area contributed by atoms with Crippen molar-refractivity contribution in [2.45, 2.75) is 6.61 Å². The van der Waals surface area contributed by atoms with Crippen LogP contribution in [0.15, 0.2) is 42.5 Å². The Morgan fingerprint density at radius 3 is 2.35 bits per heavy atom. The minimum atomic E-state index is -3.91. The Balaban J connectivity index is 2.28. The molecule has 0 fully saturated rings. The summed E-state index contributed by atoms with van der Waals surface area (Å²) < 4.78 is 42.0. The number of halogens is 1. The van der Waals surface area contributed by atoms with Crippen molar-refractivity contribution in [3.8, 4) is 5.75 Å². The number of aromatic nitrogens is 1. The lowest BCUT2D eigenvalue weighted by Gasteiger charge is -2.15. The Kier molecular flexibility index (Phi) is 6.74. The Bertz CT molecular complexity index is 1250. The molecular weight excluding hydrogens is 539 g/mol. The normalized spacial score (nSPS) is 11.2. The first-order chi connectivity index (χ1) is 14.7. The van der Waals surface area contributed by atoms with Gasteiger partial charge in [-0.15, -0.1) is 0 Å². The maximum Gasteiger partial charge on any atom is 0.411 e. The third kappa shape index (κ3) is 4.77. The van der Waals surface area contributed by atoms with Crippen LogP contribution in [0.1, 0.15) is 16.1 Å². The summed E-state index contributed by atoms with van der Waals surface area (Å²) in [6, 6.07) is 12.2. The number of rotatable bonds is 6. The van der Waals surface area contributed by atoms with Crippen LogP contribution in [0.2, 0.25) is 0 Å². The molecule has 1 heterocycles. The van der Waals surface area contributed by atoms with Crippen LogP contribution < -0.4 is 10.1 Å². The molecule has 3 rings (SSSR count). The van der Waals surface area contributed by atoms with Crippen LogP contribution in [0.3, 0.4) is 0 Å². The molecule has 0 aliphatic rings. The number of carbonyl (C=O) groups excluding carboxylic acids is 2. The van der Waals surface area contributed by atoms with E-state index >= 15 is 0 Å². The fourth-order valence-corrected chi connectivity index (χ4v) is 4.70. The number of amides is 1. The Hall–Kier alpha value is -2.80. The van der Waals surface area contributed by atoms with E-state index in [4.69, 9.17) is 9.47 Å². The minimum absolute atomic E-state index is 0.136. The number of methoxy groups -OCH3 is 2. The van der Waals surface area contributed by atoms with Crippen LogP contribution in [-0.4, -0.2) is 44.9 Å². The van der Waals surface area contributed by atoms with Gasteiger partial charge in [0.25, 0.3) is 0 Å². The van der Waals surface area contributed by atoms with Crippen molar-refractivity contribution in [2.24, 2.45) is 0 Å². The second kappa shape index (κ2) is 9.14. The average molecular weight is 558 g/mol. The summed E-state index contributed by atoms with van der Waals surface area (Å²) in [6.07, 6.45) is 0.273. The van der Waals surface area contributed by atoms with E-state index in [2.05, 4.69) is 10.1 Å². The van der Waals surface area contributed by atoms with Crippen molar-refractivity contribution in [1.29, 1.82) is 0 Å². The molecule has 31 heavy (non-hydrogen) atoms. The van der Waals surface area contributed by atoms with Crippen molar-refractivity contribution in [2.75, 3.05) is 25.8 Å². The van der Waals surface area contributed by atoms with Crippen molar-refractivity contribution in [3.05, 3.63) is 57.3 Å². The van der Waals surface area contributed by atoms with Gasteiger partial charge in [0.05, 0.1) is 26.2 Å². The molecule has 2 aromatic carbocycles. The van der Waals surface area contributed by atoms with E-state index in [1.54, 1.807) is 0 Å². The standard InChI is InChI=1S/C20H19IN2O7S/c1-28-19(24)15-9-13-17(21)14(22-20(25)29-2)10-16(18(13)23(15)31(3,26)27)30-11-12-7-5-4-6-8-12/h4-10H,11H2,1-3H3,(H,22,25). The third-order valence-electron chi connectivity index (χ3n) is 4.33. The zero-order chi connectivity index (χ0) is 22.8. The second-order valence-corrected chi connectivity index (χ2v) is 9.35. The fraction of sp³-hybridized carbons (Fsp3) is 0.200. The predicted octanol–water partition coefficient (Wildman–Crippen LogP) is 3.60. The summed E-state index contributed by atoms with van der Waals surface area (Å²) in [5.74, 6) is -0.667.